The Morgan fingerprint density at radius 1 is 0.621 bits per heavy atom. The van der Waals surface area contributed by atoms with Gasteiger partial charge in [-0.2, -0.15) is 0 Å². The molecule has 176 valence electrons. The van der Waals surface area contributed by atoms with Crippen LogP contribution in [0.25, 0.3) is 0 Å². The lowest BCUT2D eigenvalue weighted by molar-refractivity contribution is 0.0552. The van der Waals surface area contributed by atoms with Gasteiger partial charge in [-0.15, -0.1) is 0 Å². The van der Waals surface area contributed by atoms with Gasteiger partial charge in [0.15, 0.2) is 0 Å². The third-order valence-electron chi connectivity index (χ3n) is 5.34. The molecule has 1 atom stereocenters. The van der Waals surface area contributed by atoms with Crippen molar-refractivity contribution in [2.75, 3.05) is 41.2 Å². The smallest absolute Gasteiger partial charge is 0.377 e. The van der Waals surface area contributed by atoms with E-state index in [4.69, 9.17) is 26.6 Å². The van der Waals surface area contributed by atoms with Gasteiger partial charge in [0, 0.05) is 52.7 Å². The second kappa shape index (κ2) is 17.8. The fourth-order valence-electron chi connectivity index (χ4n) is 3.40. The first kappa shape index (κ1) is 29.2. The Bertz CT molecular complexity index is 334. The summed E-state index contributed by atoms with van der Waals surface area (Å²) in [5.41, 5.74) is 0.260. The average molecular weight is 453 g/mol. The molecule has 8 heteroatoms. The van der Waals surface area contributed by atoms with Crippen LogP contribution in [0.2, 0.25) is 11.6 Å². The number of unbranched alkanes of at least 4 members (excludes halogenated alkanes) is 3. The van der Waals surface area contributed by atoms with Crippen LogP contribution in [0.4, 0.5) is 0 Å². The molecule has 6 nitrogen and oxygen atoms in total. The third kappa shape index (κ3) is 10.9. The highest BCUT2D eigenvalue weighted by molar-refractivity contribution is 6.62. The highest BCUT2D eigenvalue weighted by Crippen LogP contribution is 2.34. The van der Waals surface area contributed by atoms with E-state index in [1.54, 1.807) is 21.3 Å². The van der Waals surface area contributed by atoms with Crippen LogP contribution >= 0.6 is 0 Å². The predicted molar refractivity (Wildman–Crippen MR) is 123 cm³/mol. The largest absolute Gasteiger partial charge is 0.503 e. The molecule has 29 heavy (non-hydrogen) atoms. The second-order valence-corrected chi connectivity index (χ2v) is 13.5. The molecule has 0 rings (SSSR count). The van der Waals surface area contributed by atoms with Gasteiger partial charge >= 0.3 is 17.6 Å². The molecule has 0 aliphatic rings. The summed E-state index contributed by atoms with van der Waals surface area (Å²) < 4.78 is 36.2. The van der Waals surface area contributed by atoms with Crippen LogP contribution in [-0.4, -0.2) is 58.8 Å². The second-order valence-electron chi connectivity index (χ2n) is 7.50. The summed E-state index contributed by atoms with van der Waals surface area (Å²) >= 11 is 0. The van der Waals surface area contributed by atoms with Crippen molar-refractivity contribution in [3.8, 4) is 0 Å². The first-order valence-electron chi connectivity index (χ1n) is 11.6. The quantitative estimate of drug-likeness (QED) is 0.162. The van der Waals surface area contributed by atoms with Crippen molar-refractivity contribution >= 4 is 17.6 Å². The van der Waals surface area contributed by atoms with E-state index in [1.807, 2.05) is 0 Å². The van der Waals surface area contributed by atoms with Crippen LogP contribution in [0.15, 0.2) is 0 Å². The van der Waals surface area contributed by atoms with Crippen molar-refractivity contribution in [1.82, 2.24) is 0 Å². The van der Waals surface area contributed by atoms with E-state index in [2.05, 4.69) is 27.7 Å². The highest BCUT2D eigenvalue weighted by Gasteiger charge is 2.47. The van der Waals surface area contributed by atoms with E-state index in [9.17, 15) is 0 Å². The zero-order valence-corrected chi connectivity index (χ0v) is 22.2. The van der Waals surface area contributed by atoms with Crippen molar-refractivity contribution in [3.05, 3.63) is 0 Å². The van der Waals surface area contributed by atoms with Gasteiger partial charge in [-0.1, -0.05) is 47.0 Å². The molecule has 0 aliphatic carbocycles. The standard InChI is InChI=1S/C21H48O6Si2/c1-8-12-17-25-28(26-18-13-9-2,27-19-14-10-3)20-15-16-21(11-4)29(22-5,23-6)24-7/h21H,8-20H2,1-7H3. The molecule has 0 saturated carbocycles. The van der Waals surface area contributed by atoms with Crippen LogP contribution in [0.1, 0.15) is 85.5 Å². The Kier molecular flexibility index (Phi) is 18.0. The molecule has 0 aromatic carbocycles. The summed E-state index contributed by atoms with van der Waals surface area (Å²) in [6.45, 7) is 10.8. The molecule has 0 radical (unpaired) electrons. The molecule has 0 aromatic heterocycles. The maximum absolute atomic E-state index is 6.36. The third-order valence-corrected chi connectivity index (χ3v) is 11.6. The molecule has 0 spiro atoms. The average Bonchev–Trinajstić information content (AvgIpc) is 2.74. The lowest BCUT2D eigenvalue weighted by Crippen LogP contribution is -2.48. The van der Waals surface area contributed by atoms with Gasteiger partial charge in [0.25, 0.3) is 0 Å². The first-order chi connectivity index (χ1) is 14.0. The van der Waals surface area contributed by atoms with Gasteiger partial charge in [0.1, 0.15) is 0 Å². The van der Waals surface area contributed by atoms with Crippen LogP contribution in [0.5, 0.6) is 0 Å². The molecule has 0 heterocycles. The summed E-state index contributed by atoms with van der Waals surface area (Å²) in [6.07, 6.45) is 9.30. The van der Waals surface area contributed by atoms with Gasteiger partial charge in [0.05, 0.1) is 0 Å². The fraction of sp³-hybridized carbons (Fsp3) is 1.00. The Labute approximate surface area is 182 Å². The van der Waals surface area contributed by atoms with E-state index < -0.39 is 17.6 Å². The monoisotopic (exact) mass is 452 g/mol. The highest BCUT2D eigenvalue weighted by atomic mass is 28.4. The lowest BCUT2D eigenvalue weighted by atomic mass is 10.2. The van der Waals surface area contributed by atoms with E-state index in [0.29, 0.717) is 19.8 Å². The lowest BCUT2D eigenvalue weighted by Gasteiger charge is -2.33. The molecule has 1 unspecified atom stereocenters. The first-order valence-corrected chi connectivity index (χ1v) is 15.3. The zero-order chi connectivity index (χ0) is 22.0. The maximum Gasteiger partial charge on any atom is 0.503 e. The topological polar surface area (TPSA) is 55.4 Å². The van der Waals surface area contributed by atoms with Crippen molar-refractivity contribution in [1.29, 1.82) is 0 Å². The van der Waals surface area contributed by atoms with Gasteiger partial charge in [-0.25, -0.2) is 0 Å². The summed E-state index contributed by atoms with van der Waals surface area (Å²) in [5.74, 6) is 0. The maximum atomic E-state index is 6.36. The summed E-state index contributed by atoms with van der Waals surface area (Å²) in [6, 6.07) is 0.836. The SMILES string of the molecule is CCCCO[Si](CCCC(CC)[Si](OC)(OC)OC)(OCCCC)OCCCC. The molecule has 0 aliphatic heterocycles. The molecule has 0 saturated heterocycles. The van der Waals surface area contributed by atoms with Crippen LogP contribution < -0.4 is 0 Å². The van der Waals surface area contributed by atoms with Gasteiger partial charge < -0.3 is 26.6 Å². The van der Waals surface area contributed by atoms with Crippen molar-refractivity contribution < 1.29 is 26.6 Å². The van der Waals surface area contributed by atoms with Crippen LogP contribution in [0, 0.1) is 0 Å². The Morgan fingerprint density at radius 2 is 1.03 bits per heavy atom. The Morgan fingerprint density at radius 3 is 1.34 bits per heavy atom. The minimum Gasteiger partial charge on any atom is -0.377 e. The molecule has 0 amide bonds. The minimum atomic E-state index is -2.68. The Hall–Kier alpha value is 0.194. The summed E-state index contributed by atoms with van der Waals surface area (Å²) in [7, 11) is -0.254. The molecule has 0 N–H and O–H groups in total. The predicted octanol–water partition coefficient (Wildman–Crippen LogP) is 5.81. The number of hydrogen-bond donors (Lipinski definition) is 0. The van der Waals surface area contributed by atoms with Crippen molar-refractivity contribution in [2.24, 2.45) is 0 Å². The number of rotatable bonds is 21. The Balaban J connectivity index is 5.15. The van der Waals surface area contributed by atoms with E-state index in [0.717, 1.165) is 63.8 Å². The summed E-state index contributed by atoms with van der Waals surface area (Å²) in [5, 5.41) is 0. The normalized spacial score (nSPS) is 13.8. The molecule has 0 aromatic rings. The number of hydrogen-bond acceptors (Lipinski definition) is 6. The zero-order valence-electron chi connectivity index (χ0n) is 20.2. The van der Waals surface area contributed by atoms with Gasteiger partial charge in [0.2, 0.25) is 0 Å². The molecular formula is C21H48O6Si2. The summed E-state index contributed by atoms with van der Waals surface area (Å²) in [4.78, 5) is 0. The molecule has 0 bridgehead atoms. The van der Waals surface area contributed by atoms with E-state index >= 15 is 0 Å². The van der Waals surface area contributed by atoms with Crippen molar-refractivity contribution in [2.45, 2.75) is 97.1 Å². The van der Waals surface area contributed by atoms with Crippen molar-refractivity contribution in [3.63, 3.8) is 0 Å². The molecular weight excluding hydrogens is 404 g/mol. The molecule has 0 fully saturated rings. The van der Waals surface area contributed by atoms with Crippen LogP contribution in [0.3, 0.4) is 0 Å². The van der Waals surface area contributed by atoms with Crippen LogP contribution in [-0.2, 0) is 26.6 Å². The minimum absolute atomic E-state index is 0.260. The van der Waals surface area contributed by atoms with E-state index in [1.165, 1.54) is 0 Å². The fourth-order valence-corrected chi connectivity index (χ4v) is 8.65. The van der Waals surface area contributed by atoms with Gasteiger partial charge in [-0.3, -0.25) is 0 Å². The van der Waals surface area contributed by atoms with Gasteiger partial charge in [-0.05, 0) is 38.5 Å². The van der Waals surface area contributed by atoms with E-state index in [-0.39, 0.29) is 5.54 Å².